The predicted molar refractivity (Wildman–Crippen MR) is 46.6 cm³/mol. The Morgan fingerprint density at radius 2 is 2.07 bits per heavy atom. The van der Waals surface area contributed by atoms with Crippen LogP contribution in [0.4, 0.5) is 14.9 Å². The highest BCUT2D eigenvalue weighted by Crippen LogP contribution is 2.16. The number of amides is 2. The van der Waals surface area contributed by atoms with E-state index in [0.29, 0.717) is 0 Å². The zero-order chi connectivity index (χ0) is 10.7. The first-order chi connectivity index (χ1) is 6.50. The van der Waals surface area contributed by atoms with Gasteiger partial charge in [-0.15, -0.1) is 0 Å². The van der Waals surface area contributed by atoms with Gasteiger partial charge in [0.25, 0.3) is 0 Å². The standard InChI is InChI=1S/C8H7FN2O3/c9-4-1-2-5(7(12)13)6(3-4)11-8(10)14/h1-3H,(H,12,13)(H3,10,11,14). The Labute approximate surface area is 78.3 Å². The van der Waals surface area contributed by atoms with E-state index in [9.17, 15) is 14.0 Å². The monoisotopic (exact) mass is 198 g/mol. The molecule has 4 N–H and O–H groups in total. The SMILES string of the molecule is NC(=O)Nc1cc(F)ccc1C(=O)O. The third-order valence-electron chi connectivity index (χ3n) is 1.47. The van der Waals surface area contributed by atoms with Crippen LogP contribution in [-0.2, 0) is 0 Å². The van der Waals surface area contributed by atoms with Gasteiger partial charge in [0.2, 0.25) is 0 Å². The van der Waals surface area contributed by atoms with E-state index in [2.05, 4.69) is 0 Å². The van der Waals surface area contributed by atoms with Gasteiger partial charge in [-0.05, 0) is 18.2 Å². The van der Waals surface area contributed by atoms with Crippen LogP contribution < -0.4 is 11.1 Å². The highest BCUT2D eigenvalue weighted by molar-refractivity contribution is 5.99. The average molecular weight is 198 g/mol. The fourth-order valence-corrected chi connectivity index (χ4v) is 0.939. The fourth-order valence-electron chi connectivity index (χ4n) is 0.939. The normalized spacial score (nSPS) is 9.50. The Hall–Kier alpha value is -2.11. The lowest BCUT2D eigenvalue weighted by Crippen LogP contribution is -2.21. The van der Waals surface area contributed by atoms with Gasteiger partial charge in [-0.25, -0.2) is 14.0 Å². The van der Waals surface area contributed by atoms with Crippen molar-refractivity contribution >= 4 is 17.7 Å². The van der Waals surface area contributed by atoms with Gasteiger partial charge < -0.3 is 16.2 Å². The minimum absolute atomic E-state index is 0.162. The Morgan fingerprint density at radius 1 is 1.43 bits per heavy atom. The Bertz CT molecular complexity index is 392. The maximum Gasteiger partial charge on any atom is 0.337 e. The molecule has 14 heavy (non-hydrogen) atoms. The van der Waals surface area contributed by atoms with Crippen molar-refractivity contribution in [2.45, 2.75) is 0 Å². The van der Waals surface area contributed by atoms with Crippen LogP contribution >= 0.6 is 0 Å². The second-order valence-corrected chi connectivity index (χ2v) is 2.48. The molecule has 0 heterocycles. The molecule has 0 unspecified atom stereocenters. The van der Waals surface area contributed by atoms with Gasteiger partial charge in [0.15, 0.2) is 0 Å². The van der Waals surface area contributed by atoms with Crippen molar-refractivity contribution in [1.29, 1.82) is 0 Å². The molecule has 1 aromatic rings. The number of benzene rings is 1. The van der Waals surface area contributed by atoms with E-state index in [4.69, 9.17) is 10.8 Å². The maximum atomic E-state index is 12.7. The van der Waals surface area contributed by atoms with Crippen molar-refractivity contribution in [3.63, 3.8) is 0 Å². The van der Waals surface area contributed by atoms with Crippen LogP contribution in [0, 0.1) is 5.82 Å². The van der Waals surface area contributed by atoms with Crippen LogP contribution in [-0.4, -0.2) is 17.1 Å². The number of aromatic carboxylic acids is 1. The lowest BCUT2D eigenvalue weighted by atomic mass is 10.2. The minimum Gasteiger partial charge on any atom is -0.478 e. The van der Waals surface area contributed by atoms with Gasteiger partial charge >= 0.3 is 12.0 Å². The lowest BCUT2D eigenvalue weighted by molar-refractivity contribution is 0.0698. The highest BCUT2D eigenvalue weighted by atomic mass is 19.1. The summed E-state index contributed by atoms with van der Waals surface area (Å²) in [5, 5.41) is 10.7. The second-order valence-electron chi connectivity index (χ2n) is 2.48. The zero-order valence-electron chi connectivity index (χ0n) is 6.95. The number of urea groups is 1. The summed E-state index contributed by atoms with van der Waals surface area (Å²) >= 11 is 0. The van der Waals surface area contributed by atoms with Gasteiger partial charge in [-0.3, -0.25) is 0 Å². The molecule has 1 rings (SSSR count). The third-order valence-corrected chi connectivity index (χ3v) is 1.47. The molecule has 0 spiro atoms. The van der Waals surface area contributed by atoms with Crippen LogP contribution in [0.15, 0.2) is 18.2 Å². The first-order valence-corrected chi connectivity index (χ1v) is 3.60. The van der Waals surface area contributed by atoms with Crippen LogP contribution in [0.2, 0.25) is 0 Å². The van der Waals surface area contributed by atoms with Crippen molar-refractivity contribution in [2.24, 2.45) is 5.73 Å². The van der Waals surface area contributed by atoms with Crippen molar-refractivity contribution in [3.05, 3.63) is 29.6 Å². The van der Waals surface area contributed by atoms with Gasteiger partial charge in [0, 0.05) is 0 Å². The van der Waals surface area contributed by atoms with Crippen LogP contribution in [0.3, 0.4) is 0 Å². The molecule has 0 saturated carbocycles. The van der Waals surface area contributed by atoms with Crippen molar-refractivity contribution < 1.29 is 19.1 Å². The molecule has 0 bridgehead atoms. The molecular weight excluding hydrogens is 191 g/mol. The first kappa shape index (κ1) is 9.97. The predicted octanol–water partition coefficient (Wildman–Crippen LogP) is 1.01. The minimum atomic E-state index is -1.27. The van der Waals surface area contributed by atoms with Gasteiger partial charge in [0.05, 0.1) is 11.3 Å². The molecule has 0 aliphatic heterocycles. The first-order valence-electron chi connectivity index (χ1n) is 3.60. The summed E-state index contributed by atoms with van der Waals surface area (Å²) in [5.74, 6) is -1.92. The summed E-state index contributed by atoms with van der Waals surface area (Å²) in [6.45, 7) is 0. The van der Waals surface area contributed by atoms with E-state index >= 15 is 0 Å². The maximum absolute atomic E-state index is 12.7. The van der Waals surface area contributed by atoms with Gasteiger partial charge in [0.1, 0.15) is 5.82 Å². The largest absolute Gasteiger partial charge is 0.478 e. The summed E-state index contributed by atoms with van der Waals surface area (Å²) in [6.07, 6.45) is 0. The molecule has 0 aliphatic rings. The summed E-state index contributed by atoms with van der Waals surface area (Å²) in [6, 6.07) is 1.96. The quantitative estimate of drug-likeness (QED) is 0.662. The number of nitrogens with two attached hydrogens (primary N) is 1. The molecule has 6 heteroatoms. The number of carboxylic acids is 1. The van der Waals surface area contributed by atoms with Crippen molar-refractivity contribution in [1.82, 2.24) is 0 Å². The number of hydrogen-bond acceptors (Lipinski definition) is 2. The van der Waals surface area contributed by atoms with E-state index in [0.717, 1.165) is 18.2 Å². The number of rotatable bonds is 2. The molecule has 2 amide bonds. The summed E-state index contributed by atoms with van der Waals surface area (Å²) < 4.78 is 12.7. The molecule has 1 aromatic carbocycles. The number of carbonyl (C=O) groups is 2. The number of carboxylic acid groups (broad SMARTS) is 1. The number of hydrogen-bond donors (Lipinski definition) is 3. The number of halogens is 1. The van der Waals surface area contributed by atoms with Crippen LogP contribution in [0.25, 0.3) is 0 Å². The van der Waals surface area contributed by atoms with Crippen molar-refractivity contribution in [3.8, 4) is 0 Å². The van der Waals surface area contributed by atoms with E-state index in [1.807, 2.05) is 5.32 Å². The Morgan fingerprint density at radius 3 is 2.57 bits per heavy atom. The highest BCUT2D eigenvalue weighted by Gasteiger charge is 2.11. The Balaban J connectivity index is 3.15. The number of primary amides is 1. The third kappa shape index (κ3) is 2.19. The van der Waals surface area contributed by atoms with E-state index < -0.39 is 17.8 Å². The number of carbonyl (C=O) groups excluding carboxylic acids is 1. The topological polar surface area (TPSA) is 92.4 Å². The second kappa shape index (κ2) is 3.73. The Kier molecular flexibility index (Phi) is 2.66. The number of anilines is 1. The van der Waals surface area contributed by atoms with Gasteiger partial charge in [-0.1, -0.05) is 0 Å². The smallest absolute Gasteiger partial charge is 0.337 e. The molecule has 0 saturated heterocycles. The van der Waals surface area contributed by atoms with E-state index in [-0.39, 0.29) is 11.3 Å². The fraction of sp³-hybridized carbons (Fsp3) is 0. The van der Waals surface area contributed by atoms with E-state index in [1.165, 1.54) is 0 Å². The summed E-state index contributed by atoms with van der Waals surface area (Å²) in [4.78, 5) is 21.1. The average Bonchev–Trinajstić information content (AvgIpc) is 2.01. The molecule has 0 aliphatic carbocycles. The molecule has 74 valence electrons. The molecule has 5 nitrogen and oxygen atoms in total. The number of nitrogens with one attached hydrogen (secondary N) is 1. The van der Waals surface area contributed by atoms with Crippen molar-refractivity contribution in [2.75, 3.05) is 5.32 Å². The summed E-state index contributed by atoms with van der Waals surface area (Å²) in [5.41, 5.74) is 4.40. The molecular formula is C8H7FN2O3. The van der Waals surface area contributed by atoms with E-state index in [1.54, 1.807) is 0 Å². The molecule has 0 radical (unpaired) electrons. The van der Waals surface area contributed by atoms with Gasteiger partial charge in [-0.2, -0.15) is 0 Å². The summed E-state index contributed by atoms with van der Waals surface area (Å²) in [7, 11) is 0. The molecule has 0 atom stereocenters. The van der Waals surface area contributed by atoms with Crippen LogP contribution in [0.5, 0.6) is 0 Å². The molecule has 0 fully saturated rings. The lowest BCUT2D eigenvalue weighted by Gasteiger charge is -2.05. The zero-order valence-corrected chi connectivity index (χ0v) is 6.95. The molecule has 0 aromatic heterocycles. The van der Waals surface area contributed by atoms with Crippen LogP contribution in [0.1, 0.15) is 10.4 Å².